The van der Waals surface area contributed by atoms with Crippen molar-refractivity contribution in [3.8, 4) is 11.3 Å². The summed E-state index contributed by atoms with van der Waals surface area (Å²) in [5.41, 5.74) is 6.60. The third kappa shape index (κ3) is 4.14. The van der Waals surface area contributed by atoms with E-state index in [0.29, 0.717) is 0 Å². The van der Waals surface area contributed by atoms with Crippen LogP contribution in [0.2, 0.25) is 0 Å². The minimum absolute atomic E-state index is 0.172. The molecule has 0 bridgehead atoms. The number of hydrazone groups is 1. The molecule has 1 N–H and O–H groups in total. The molecule has 0 radical (unpaired) electrons. The van der Waals surface area contributed by atoms with E-state index >= 15 is 0 Å². The van der Waals surface area contributed by atoms with Gasteiger partial charge in [0.15, 0.2) is 0 Å². The maximum absolute atomic E-state index is 12.0. The first-order valence-electron chi connectivity index (χ1n) is 7.60. The highest BCUT2D eigenvalue weighted by Gasteiger charge is 2.08. The van der Waals surface area contributed by atoms with Gasteiger partial charge in [-0.2, -0.15) is 5.10 Å². The Bertz CT molecular complexity index is 856. The number of hydrogen-bond acceptors (Lipinski definition) is 4. The van der Waals surface area contributed by atoms with Gasteiger partial charge in [-0.05, 0) is 18.1 Å². The largest absolute Gasteiger partial charge is 0.273 e. The highest BCUT2D eigenvalue weighted by molar-refractivity contribution is 7.10. The van der Waals surface area contributed by atoms with Crippen molar-refractivity contribution in [3.63, 3.8) is 0 Å². The van der Waals surface area contributed by atoms with Crippen LogP contribution >= 0.6 is 11.3 Å². The van der Waals surface area contributed by atoms with Gasteiger partial charge in [-0.15, -0.1) is 11.3 Å². The second-order valence-electron chi connectivity index (χ2n) is 5.32. The molecule has 120 valence electrons. The van der Waals surface area contributed by atoms with Crippen LogP contribution in [0.25, 0.3) is 11.3 Å². The summed E-state index contributed by atoms with van der Waals surface area (Å²) in [4.78, 5) is 16.5. The van der Waals surface area contributed by atoms with E-state index in [9.17, 15) is 4.79 Å². The summed E-state index contributed by atoms with van der Waals surface area (Å²) >= 11 is 1.48. The Hall–Kier alpha value is -2.79. The number of amides is 1. The number of hydrogen-bond donors (Lipinski definition) is 1. The van der Waals surface area contributed by atoms with Gasteiger partial charge in [-0.3, -0.25) is 4.79 Å². The molecule has 0 spiro atoms. The fraction of sp³-hybridized carbons (Fsp3) is 0.105. The van der Waals surface area contributed by atoms with Gasteiger partial charge in [0, 0.05) is 10.9 Å². The molecule has 24 heavy (non-hydrogen) atoms. The zero-order valence-electron chi connectivity index (χ0n) is 13.3. The number of nitrogens with one attached hydrogen (secondary N) is 1. The Kier molecular flexibility index (Phi) is 5.13. The number of aryl methyl sites for hydroxylation is 1. The van der Waals surface area contributed by atoms with Gasteiger partial charge in [0.05, 0.1) is 18.3 Å². The minimum atomic E-state index is -0.172. The van der Waals surface area contributed by atoms with Crippen LogP contribution in [0.1, 0.15) is 16.1 Å². The summed E-state index contributed by atoms with van der Waals surface area (Å²) in [5.74, 6) is -0.172. The standard InChI is InChI=1S/C19H17N3OS/c1-14-7-5-6-10-16(14)12-20-22-18(23)11-19-21-17(13-24-19)15-8-3-2-4-9-15/h2-10,12-13H,11H2,1H3,(H,22,23)/b20-12-. The zero-order chi connectivity index (χ0) is 16.8. The summed E-state index contributed by atoms with van der Waals surface area (Å²) in [6, 6.07) is 17.8. The van der Waals surface area contributed by atoms with Gasteiger partial charge < -0.3 is 0 Å². The molecular weight excluding hydrogens is 318 g/mol. The normalized spacial score (nSPS) is 10.9. The van der Waals surface area contributed by atoms with E-state index in [4.69, 9.17) is 0 Å². The quantitative estimate of drug-likeness (QED) is 0.569. The van der Waals surface area contributed by atoms with Gasteiger partial charge in [-0.25, -0.2) is 10.4 Å². The monoisotopic (exact) mass is 335 g/mol. The molecule has 1 heterocycles. The number of nitrogens with zero attached hydrogens (tertiary/aromatic N) is 2. The van der Waals surface area contributed by atoms with Crippen LogP contribution in [0, 0.1) is 6.92 Å². The fourth-order valence-electron chi connectivity index (χ4n) is 2.22. The summed E-state index contributed by atoms with van der Waals surface area (Å²) in [5, 5.41) is 6.76. The van der Waals surface area contributed by atoms with E-state index in [-0.39, 0.29) is 12.3 Å². The fourth-order valence-corrected chi connectivity index (χ4v) is 3.02. The lowest BCUT2D eigenvalue weighted by atomic mass is 10.1. The summed E-state index contributed by atoms with van der Waals surface area (Å²) in [7, 11) is 0. The van der Waals surface area contributed by atoms with Gasteiger partial charge in [0.1, 0.15) is 5.01 Å². The van der Waals surface area contributed by atoms with Crippen molar-refractivity contribution in [2.75, 3.05) is 0 Å². The second-order valence-corrected chi connectivity index (χ2v) is 6.26. The van der Waals surface area contributed by atoms with Crippen molar-refractivity contribution in [2.24, 2.45) is 5.10 Å². The van der Waals surface area contributed by atoms with Crippen molar-refractivity contribution >= 4 is 23.5 Å². The van der Waals surface area contributed by atoms with Crippen LogP contribution < -0.4 is 5.43 Å². The molecule has 0 saturated carbocycles. The lowest BCUT2D eigenvalue weighted by Gasteiger charge is -1.99. The predicted octanol–water partition coefficient (Wildman–Crippen LogP) is 3.81. The molecule has 4 nitrogen and oxygen atoms in total. The zero-order valence-corrected chi connectivity index (χ0v) is 14.1. The molecule has 3 rings (SSSR count). The van der Waals surface area contributed by atoms with Crippen molar-refractivity contribution in [2.45, 2.75) is 13.3 Å². The maximum Gasteiger partial charge on any atom is 0.246 e. The first-order valence-corrected chi connectivity index (χ1v) is 8.48. The summed E-state index contributed by atoms with van der Waals surface area (Å²) in [6.07, 6.45) is 1.88. The van der Waals surface area contributed by atoms with Gasteiger partial charge in [0.25, 0.3) is 0 Å². The number of aromatic nitrogens is 1. The number of benzene rings is 2. The number of carbonyl (C=O) groups excluding carboxylic acids is 1. The van der Waals surface area contributed by atoms with E-state index in [1.54, 1.807) is 6.21 Å². The van der Waals surface area contributed by atoms with E-state index in [2.05, 4.69) is 15.5 Å². The molecule has 1 amide bonds. The number of rotatable bonds is 5. The Morgan fingerprint density at radius 3 is 2.71 bits per heavy atom. The Morgan fingerprint density at radius 2 is 1.92 bits per heavy atom. The first-order chi connectivity index (χ1) is 11.7. The average Bonchev–Trinajstić information content (AvgIpc) is 3.06. The second kappa shape index (κ2) is 7.66. The molecule has 0 aliphatic rings. The first kappa shape index (κ1) is 16.1. The highest BCUT2D eigenvalue weighted by Crippen LogP contribution is 2.21. The molecule has 1 aromatic heterocycles. The van der Waals surface area contributed by atoms with Crippen molar-refractivity contribution in [1.29, 1.82) is 0 Å². The van der Waals surface area contributed by atoms with Gasteiger partial charge in [-0.1, -0.05) is 54.6 Å². The Morgan fingerprint density at radius 1 is 1.17 bits per heavy atom. The lowest BCUT2D eigenvalue weighted by Crippen LogP contribution is -2.19. The van der Waals surface area contributed by atoms with Crippen molar-refractivity contribution in [3.05, 3.63) is 76.1 Å². The lowest BCUT2D eigenvalue weighted by molar-refractivity contribution is -0.120. The molecule has 0 fully saturated rings. The van der Waals surface area contributed by atoms with E-state index in [0.717, 1.165) is 27.4 Å². The third-order valence-electron chi connectivity index (χ3n) is 3.51. The molecule has 0 atom stereocenters. The van der Waals surface area contributed by atoms with E-state index in [1.807, 2.05) is 66.9 Å². The van der Waals surface area contributed by atoms with Crippen LogP contribution in [-0.2, 0) is 11.2 Å². The molecule has 0 saturated heterocycles. The smallest absolute Gasteiger partial charge is 0.246 e. The molecule has 0 unspecified atom stereocenters. The Balaban J connectivity index is 1.58. The van der Waals surface area contributed by atoms with Crippen LogP contribution in [0.15, 0.2) is 65.1 Å². The van der Waals surface area contributed by atoms with Gasteiger partial charge in [0.2, 0.25) is 5.91 Å². The predicted molar refractivity (Wildman–Crippen MR) is 98.2 cm³/mol. The van der Waals surface area contributed by atoms with E-state index < -0.39 is 0 Å². The molecule has 0 aliphatic heterocycles. The molecule has 3 aromatic rings. The van der Waals surface area contributed by atoms with Crippen LogP contribution in [0.3, 0.4) is 0 Å². The van der Waals surface area contributed by atoms with Crippen molar-refractivity contribution in [1.82, 2.24) is 10.4 Å². The molecular formula is C19H17N3OS. The van der Waals surface area contributed by atoms with E-state index in [1.165, 1.54) is 11.3 Å². The van der Waals surface area contributed by atoms with Crippen LogP contribution in [-0.4, -0.2) is 17.1 Å². The molecule has 0 aliphatic carbocycles. The van der Waals surface area contributed by atoms with Gasteiger partial charge >= 0.3 is 0 Å². The molecule has 2 aromatic carbocycles. The number of carbonyl (C=O) groups is 1. The topological polar surface area (TPSA) is 54.4 Å². The van der Waals surface area contributed by atoms with Crippen LogP contribution in [0.5, 0.6) is 0 Å². The third-order valence-corrected chi connectivity index (χ3v) is 4.36. The SMILES string of the molecule is Cc1ccccc1/C=N\NC(=O)Cc1nc(-c2ccccc2)cs1. The average molecular weight is 335 g/mol. The number of thiazole rings is 1. The van der Waals surface area contributed by atoms with Crippen molar-refractivity contribution < 1.29 is 4.79 Å². The summed E-state index contributed by atoms with van der Waals surface area (Å²) < 4.78 is 0. The highest BCUT2D eigenvalue weighted by atomic mass is 32.1. The maximum atomic E-state index is 12.0. The molecule has 5 heteroatoms. The Labute approximate surface area is 144 Å². The minimum Gasteiger partial charge on any atom is -0.273 e. The van der Waals surface area contributed by atoms with Crippen LogP contribution in [0.4, 0.5) is 0 Å². The summed E-state index contributed by atoms with van der Waals surface area (Å²) in [6.45, 7) is 2.00.